The first kappa shape index (κ1) is 39.8. The number of aryl methyl sites for hydroxylation is 2. The second-order valence-electron chi connectivity index (χ2n) is 12.9. The van der Waals surface area contributed by atoms with Crippen molar-refractivity contribution in [2.45, 2.75) is 33.4 Å². The van der Waals surface area contributed by atoms with E-state index in [1.165, 1.54) is 0 Å². The van der Waals surface area contributed by atoms with E-state index in [0.717, 1.165) is 27.8 Å². The lowest BCUT2D eigenvalue weighted by atomic mass is 10.1. The first-order valence-electron chi connectivity index (χ1n) is 17.4. The normalized spacial score (nSPS) is 12.9. The van der Waals surface area contributed by atoms with Gasteiger partial charge in [0.05, 0.1) is 24.4 Å². The van der Waals surface area contributed by atoms with Gasteiger partial charge in [-0.25, -0.2) is 9.37 Å². The predicted octanol–water partition coefficient (Wildman–Crippen LogP) is 9.13. The number of nitriles is 1. The number of aromatic nitrogens is 1. The van der Waals surface area contributed by atoms with Gasteiger partial charge in [-0.1, -0.05) is 35.9 Å². The molecule has 1 amide bonds. The third-order valence-corrected chi connectivity index (χ3v) is 9.22. The summed E-state index contributed by atoms with van der Waals surface area (Å²) in [6.07, 6.45) is 5.54. The molecular weight excluding hydrogens is 726 g/mol. The molecule has 0 aliphatic carbocycles. The summed E-state index contributed by atoms with van der Waals surface area (Å²) in [6, 6.07) is 29.4. The Kier molecular flexibility index (Phi) is 14.1. The fourth-order valence-electron chi connectivity index (χ4n) is 6.06. The zero-order chi connectivity index (χ0) is 37.2. The van der Waals surface area contributed by atoms with Crippen LogP contribution in [-0.4, -0.2) is 53.5 Å². The molecule has 0 spiro atoms. The fraction of sp³-hybridized carbons (Fsp3) is 0.233. The second-order valence-corrected chi connectivity index (χ2v) is 13.4. The monoisotopic (exact) mass is 766 g/mol. The minimum absolute atomic E-state index is 0. The largest absolute Gasteiger partial charge is 0.493 e. The van der Waals surface area contributed by atoms with Crippen molar-refractivity contribution in [3.05, 3.63) is 153 Å². The minimum Gasteiger partial charge on any atom is -0.493 e. The van der Waals surface area contributed by atoms with Crippen LogP contribution in [-0.2, 0) is 24.4 Å². The molecule has 5 aromatic rings. The van der Waals surface area contributed by atoms with Crippen molar-refractivity contribution in [2.24, 2.45) is 0 Å². The summed E-state index contributed by atoms with van der Waals surface area (Å²) >= 11 is 5.91. The molecule has 0 unspecified atom stereocenters. The second kappa shape index (κ2) is 19.1. The number of ether oxygens (including phenoxy) is 3. The van der Waals surface area contributed by atoms with Gasteiger partial charge in [-0.15, -0.1) is 12.4 Å². The summed E-state index contributed by atoms with van der Waals surface area (Å²) in [7, 11) is 0. The highest BCUT2D eigenvalue weighted by Gasteiger charge is 2.20. The molecule has 0 bridgehead atoms. The summed E-state index contributed by atoms with van der Waals surface area (Å²) in [5.74, 6) is 2.18. The van der Waals surface area contributed by atoms with Gasteiger partial charge in [0, 0.05) is 56.3 Å². The Hall–Kier alpha value is -5.40. The molecule has 1 fully saturated rings. The van der Waals surface area contributed by atoms with E-state index in [-0.39, 0.29) is 24.1 Å². The molecule has 0 N–H and O–H groups in total. The van der Waals surface area contributed by atoms with Gasteiger partial charge in [-0.2, -0.15) is 5.26 Å². The summed E-state index contributed by atoms with van der Waals surface area (Å²) < 4.78 is 32.5. The summed E-state index contributed by atoms with van der Waals surface area (Å²) in [6.45, 7) is 7.90. The molecule has 2 heterocycles. The lowest BCUT2D eigenvalue weighted by molar-refractivity contribution is -0.127. The number of carbonyl (C=O) groups excluding carboxylic acids is 1. The summed E-state index contributed by atoms with van der Waals surface area (Å²) in [5.41, 5.74) is 5.82. The maximum atomic E-state index is 14.9. The highest BCUT2D eigenvalue weighted by Crippen LogP contribution is 2.30. The number of piperazine rings is 1. The van der Waals surface area contributed by atoms with Gasteiger partial charge in [0.15, 0.2) is 0 Å². The van der Waals surface area contributed by atoms with Crippen molar-refractivity contribution in [2.75, 3.05) is 32.8 Å². The van der Waals surface area contributed by atoms with Crippen LogP contribution in [0.3, 0.4) is 0 Å². The van der Waals surface area contributed by atoms with Crippen molar-refractivity contribution in [3.8, 4) is 29.2 Å². The van der Waals surface area contributed by atoms with E-state index in [1.54, 1.807) is 66.9 Å². The zero-order valence-electron chi connectivity index (χ0n) is 30.1. The van der Waals surface area contributed by atoms with E-state index in [1.807, 2.05) is 61.2 Å². The first-order valence-corrected chi connectivity index (χ1v) is 17.8. The van der Waals surface area contributed by atoms with E-state index in [0.29, 0.717) is 91.6 Å². The average molecular weight is 768 g/mol. The Morgan fingerprint density at radius 1 is 0.889 bits per heavy atom. The van der Waals surface area contributed by atoms with Crippen LogP contribution in [0.4, 0.5) is 4.39 Å². The number of carbonyl (C=O) groups is 1. The standard InChI is InChI=1S/C43H40ClFN4O4.ClH/c1-30-23-34(24-31(2)43(30)53-41-15-14-39(27-47-41)52-29-33-5-3-32(26-46)4-6-33)8-16-42(50)49-20-18-48(19-21-49)28-35-7-9-36(40(45)25-35)17-22-51-38-12-10-37(44)11-13-38;/h3-16,23-25,27H,17-22,28-29H2,1-2H3;1H/b16-8+;. The first-order chi connectivity index (χ1) is 25.7. The highest BCUT2D eigenvalue weighted by molar-refractivity contribution is 6.30. The molecule has 0 radical (unpaired) electrons. The molecule has 4 aromatic carbocycles. The van der Waals surface area contributed by atoms with Crippen LogP contribution < -0.4 is 14.2 Å². The SMILES string of the molecule is Cc1cc(/C=C/C(=O)N2CCN(Cc3ccc(CCOc4ccc(Cl)cc4)c(F)c3)CC2)cc(C)c1Oc1ccc(OCc2ccc(C#N)cc2)cn1.Cl. The van der Waals surface area contributed by atoms with Crippen LogP contribution in [0.15, 0.2) is 103 Å². The number of hydrogen-bond donors (Lipinski definition) is 0. The maximum Gasteiger partial charge on any atom is 0.246 e. The Bertz CT molecular complexity index is 2070. The van der Waals surface area contributed by atoms with Gasteiger partial charge in [0.25, 0.3) is 0 Å². The number of nitrogens with zero attached hydrogens (tertiary/aromatic N) is 4. The minimum atomic E-state index is -0.236. The van der Waals surface area contributed by atoms with Crippen LogP contribution in [0.5, 0.6) is 23.1 Å². The van der Waals surface area contributed by atoms with E-state index in [9.17, 15) is 9.18 Å². The molecule has 1 aromatic heterocycles. The van der Waals surface area contributed by atoms with Crippen LogP contribution in [0.25, 0.3) is 6.08 Å². The average Bonchev–Trinajstić information content (AvgIpc) is 3.17. The topological polar surface area (TPSA) is 87.9 Å². The Morgan fingerprint density at radius 2 is 1.57 bits per heavy atom. The van der Waals surface area contributed by atoms with Crippen LogP contribution in [0.1, 0.15) is 38.9 Å². The number of pyridine rings is 1. The third-order valence-electron chi connectivity index (χ3n) is 8.97. The van der Waals surface area contributed by atoms with Crippen molar-refractivity contribution >= 4 is 36.0 Å². The zero-order valence-corrected chi connectivity index (χ0v) is 31.7. The van der Waals surface area contributed by atoms with E-state index in [2.05, 4.69) is 16.0 Å². The van der Waals surface area contributed by atoms with Gasteiger partial charge >= 0.3 is 0 Å². The van der Waals surface area contributed by atoms with Crippen molar-refractivity contribution in [3.63, 3.8) is 0 Å². The molecule has 8 nitrogen and oxygen atoms in total. The molecule has 11 heteroatoms. The van der Waals surface area contributed by atoms with Crippen molar-refractivity contribution < 1.29 is 23.4 Å². The molecule has 1 aliphatic rings. The van der Waals surface area contributed by atoms with Crippen molar-refractivity contribution in [1.82, 2.24) is 14.8 Å². The smallest absolute Gasteiger partial charge is 0.246 e. The quantitative estimate of drug-likeness (QED) is 0.111. The van der Waals surface area contributed by atoms with E-state index in [4.69, 9.17) is 31.1 Å². The molecule has 0 atom stereocenters. The number of benzene rings is 4. The summed E-state index contributed by atoms with van der Waals surface area (Å²) in [4.78, 5) is 21.6. The molecule has 0 saturated carbocycles. The highest BCUT2D eigenvalue weighted by atomic mass is 35.5. The molecule has 54 heavy (non-hydrogen) atoms. The van der Waals surface area contributed by atoms with Crippen LogP contribution in [0, 0.1) is 31.0 Å². The number of amides is 1. The maximum absolute atomic E-state index is 14.9. The Balaban J connectivity index is 0.00000561. The molecule has 1 aliphatic heterocycles. The number of hydrogen-bond acceptors (Lipinski definition) is 7. The number of halogens is 3. The van der Waals surface area contributed by atoms with Gasteiger partial charge in [-0.3, -0.25) is 9.69 Å². The number of rotatable bonds is 13. The Labute approximate surface area is 326 Å². The van der Waals surface area contributed by atoms with E-state index < -0.39 is 0 Å². The predicted molar refractivity (Wildman–Crippen MR) is 211 cm³/mol. The fourth-order valence-corrected chi connectivity index (χ4v) is 6.19. The van der Waals surface area contributed by atoms with Crippen LogP contribution >= 0.6 is 24.0 Å². The third kappa shape index (κ3) is 11.1. The molecular formula is C43H41Cl2FN4O4. The lowest BCUT2D eigenvalue weighted by Crippen LogP contribution is -2.47. The molecule has 1 saturated heterocycles. The molecule has 6 rings (SSSR count). The van der Waals surface area contributed by atoms with Gasteiger partial charge in [0.2, 0.25) is 11.8 Å². The van der Waals surface area contributed by atoms with Crippen LogP contribution in [0.2, 0.25) is 5.02 Å². The van der Waals surface area contributed by atoms with Gasteiger partial charge in [0.1, 0.15) is 29.7 Å². The van der Waals surface area contributed by atoms with Crippen molar-refractivity contribution in [1.29, 1.82) is 5.26 Å². The van der Waals surface area contributed by atoms with Gasteiger partial charge < -0.3 is 19.1 Å². The molecule has 278 valence electrons. The summed E-state index contributed by atoms with van der Waals surface area (Å²) in [5, 5.41) is 9.60. The van der Waals surface area contributed by atoms with Gasteiger partial charge in [-0.05, 0) is 114 Å². The van der Waals surface area contributed by atoms with E-state index >= 15 is 0 Å². The lowest BCUT2D eigenvalue weighted by Gasteiger charge is -2.34. The Morgan fingerprint density at radius 3 is 2.22 bits per heavy atom.